The molecule has 3 N–H and O–H groups in total. The van der Waals surface area contributed by atoms with Gasteiger partial charge in [-0.3, -0.25) is 9.79 Å². The van der Waals surface area contributed by atoms with E-state index in [9.17, 15) is 4.79 Å². The van der Waals surface area contributed by atoms with Crippen molar-refractivity contribution in [1.29, 1.82) is 0 Å². The summed E-state index contributed by atoms with van der Waals surface area (Å²) >= 11 is 1.72. The Kier molecular flexibility index (Phi) is 12.8. The van der Waals surface area contributed by atoms with Crippen molar-refractivity contribution in [2.45, 2.75) is 18.4 Å². The Bertz CT molecular complexity index is 541. The van der Waals surface area contributed by atoms with E-state index in [1.54, 1.807) is 25.9 Å². The smallest absolute Gasteiger partial charge is 0.239 e. The van der Waals surface area contributed by atoms with Crippen molar-refractivity contribution in [2.75, 3.05) is 40.1 Å². The number of halogens is 1. The Hall–Kier alpha value is -1.000. The molecule has 0 spiro atoms. The van der Waals surface area contributed by atoms with Crippen LogP contribution in [0.2, 0.25) is 0 Å². The van der Waals surface area contributed by atoms with Gasteiger partial charge >= 0.3 is 0 Å². The zero-order chi connectivity index (χ0) is 17.1. The molecule has 0 aliphatic carbocycles. The Labute approximate surface area is 165 Å². The number of hydrogen-bond donors (Lipinski definition) is 3. The molecular weight excluding hydrogens is 439 g/mol. The maximum Gasteiger partial charge on any atom is 0.239 e. The van der Waals surface area contributed by atoms with Gasteiger partial charge in [0.15, 0.2) is 5.96 Å². The predicted molar refractivity (Wildman–Crippen MR) is 111 cm³/mol. The minimum atomic E-state index is -0.0925. The number of aryl methyl sites for hydroxylation is 1. The quantitative estimate of drug-likeness (QED) is 0.179. The number of guanidine groups is 1. The molecule has 0 heterocycles. The molecule has 8 heteroatoms. The summed E-state index contributed by atoms with van der Waals surface area (Å²) in [4.78, 5) is 17.0. The molecule has 136 valence electrons. The van der Waals surface area contributed by atoms with E-state index in [0.717, 1.165) is 0 Å². The number of amides is 1. The van der Waals surface area contributed by atoms with Crippen molar-refractivity contribution in [1.82, 2.24) is 16.0 Å². The molecule has 0 aromatic heterocycles. The third kappa shape index (κ3) is 8.74. The van der Waals surface area contributed by atoms with E-state index in [1.165, 1.54) is 16.0 Å². The molecule has 1 aromatic rings. The van der Waals surface area contributed by atoms with Crippen LogP contribution in [0.1, 0.15) is 11.1 Å². The van der Waals surface area contributed by atoms with Gasteiger partial charge in [0.05, 0.1) is 13.2 Å². The van der Waals surface area contributed by atoms with Crippen LogP contribution >= 0.6 is 35.7 Å². The van der Waals surface area contributed by atoms with Crippen molar-refractivity contribution >= 4 is 47.6 Å². The molecule has 1 amide bonds. The molecule has 0 fully saturated rings. The summed E-state index contributed by atoms with van der Waals surface area (Å²) in [6.45, 7) is 3.92. The number of benzene rings is 1. The topological polar surface area (TPSA) is 74.8 Å². The van der Waals surface area contributed by atoms with Crippen molar-refractivity contribution in [3.63, 3.8) is 0 Å². The van der Waals surface area contributed by atoms with E-state index in [4.69, 9.17) is 4.74 Å². The highest BCUT2D eigenvalue weighted by Gasteiger charge is 2.05. The van der Waals surface area contributed by atoms with Crippen LogP contribution in [0.25, 0.3) is 0 Å². The lowest BCUT2D eigenvalue weighted by Crippen LogP contribution is -2.43. The van der Waals surface area contributed by atoms with Gasteiger partial charge in [0.1, 0.15) is 0 Å². The lowest BCUT2D eigenvalue weighted by molar-refractivity contribution is -0.120. The highest BCUT2D eigenvalue weighted by molar-refractivity contribution is 14.0. The van der Waals surface area contributed by atoms with Crippen molar-refractivity contribution in [2.24, 2.45) is 4.99 Å². The molecule has 1 aromatic carbocycles. The maximum absolute atomic E-state index is 11.6. The first-order valence-electron chi connectivity index (χ1n) is 7.44. The van der Waals surface area contributed by atoms with Crippen LogP contribution in [-0.2, 0) is 16.1 Å². The highest BCUT2D eigenvalue weighted by atomic mass is 127. The minimum absolute atomic E-state index is 0. The molecule has 0 aliphatic rings. The lowest BCUT2D eigenvalue weighted by atomic mass is 10.1. The van der Waals surface area contributed by atoms with Gasteiger partial charge in [0, 0.05) is 32.1 Å². The molecule has 0 saturated carbocycles. The largest absolute Gasteiger partial charge is 0.383 e. The molecule has 0 bridgehead atoms. The number of aliphatic imine (C=N–C) groups is 1. The number of nitrogens with zero attached hydrogens (tertiary/aromatic N) is 1. The molecule has 0 aliphatic heterocycles. The van der Waals surface area contributed by atoms with E-state index in [-0.39, 0.29) is 36.4 Å². The third-order valence-electron chi connectivity index (χ3n) is 3.16. The van der Waals surface area contributed by atoms with Crippen LogP contribution in [0.3, 0.4) is 0 Å². The summed E-state index contributed by atoms with van der Waals surface area (Å²) in [7, 11) is 3.28. The fourth-order valence-corrected chi connectivity index (χ4v) is 2.62. The van der Waals surface area contributed by atoms with Crippen LogP contribution in [0.4, 0.5) is 0 Å². The number of carbonyl (C=O) groups excluding carboxylic acids is 1. The minimum Gasteiger partial charge on any atom is -0.383 e. The average Bonchev–Trinajstić information content (AvgIpc) is 2.56. The zero-order valence-electron chi connectivity index (χ0n) is 14.6. The van der Waals surface area contributed by atoms with E-state index in [1.807, 2.05) is 0 Å². The van der Waals surface area contributed by atoms with Gasteiger partial charge in [-0.15, -0.1) is 35.7 Å². The fraction of sp³-hybridized carbons (Fsp3) is 0.500. The van der Waals surface area contributed by atoms with E-state index in [2.05, 4.69) is 52.3 Å². The summed E-state index contributed by atoms with van der Waals surface area (Å²) in [5.41, 5.74) is 2.45. The van der Waals surface area contributed by atoms with Crippen LogP contribution in [-0.4, -0.2) is 52.0 Å². The third-order valence-corrected chi connectivity index (χ3v) is 3.98. The summed E-state index contributed by atoms with van der Waals surface area (Å²) in [6.07, 6.45) is 2.07. The summed E-state index contributed by atoms with van der Waals surface area (Å²) < 4.78 is 4.88. The Morgan fingerprint density at radius 3 is 2.67 bits per heavy atom. The van der Waals surface area contributed by atoms with Gasteiger partial charge in [-0.25, -0.2) is 0 Å². The monoisotopic (exact) mass is 466 g/mol. The van der Waals surface area contributed by atoms with Crippen molar-refractivity contribution in [3.05, 3.63) is 29.3 Å². The van der Waals surface area contributed by atoms with Crippen LogP contribution in [0, 0.1) is 6.92 Å². The van der Waals surface area contributed by atoms with Crippen LogP contribution < -0.4 is 16.0 Å². The Morgan fingerprint density at radius 1 is 1.29 bits per heavy atom. The van der Waals surface area contributed by atoms with Crippen molar-refractivity contribution < 1.29 is 9.53 Å². The number of nitrogens with one attached hydrogen (secondary N) is 3. The standard InChI is InChI=1S/C16H26N4O2S.HI/c1-12-5-6-13(14(9-12)23-4)10-19-16(17-2)20-11-15(21)18-7-8-22-3;/h5-6,9H,7-8,10-11H2,1-4H3,(H,18,21)(H2,17,19,20);1H. The molecule has 0 unspecified atom stereocenters. The van der Waals surface area contributed by atoms with E-state index in [0.29, 0.717) is 25.7 Å². The second-order valence-electron chi connectivity index (χ2n) is 4.94. The number of hydrogen-bond acceptors (Lipinski definition) is 4. The zero-order valence-corrected chi connectivity index (χ0v) is 17.8. The van der Waals surface area contributed by atoms with Gasteiger partial charge in [0.2, 0.25) is 5.91 Å². The molecule has 6 nitrogen and oxygen atoms in total. The molecule has 24 heavy (non-hydrogen) atoms. The first kappa shape index (κ1) is 23.0. The van der Waals surface area contributed by atoms with E-state index >= 15 is 0 Å². The summed E-state index contributed by atoms with van der Waals surface area (Å²) in [5.74, 6) is 0.504. The Morgan fingerprint density at radius 2 is 2.04 bits per heavy atom. The van der Waals surface area contributed by atoms with E-state index < -0.39 is 0 Å². The second-order valence-corrected chi connectivity index (χ2v) is 5.79. The van der Waals surface area contributed by atoms with Crippen LogP contribution in [0.5, 0.6) is 0 Å². The Balaban J connectivity index is 0.00000529. The molecule has 0 atom stereocenters. The summed E-state index contributed by atoms with van der Waals surface area (Å²) in [5, 5.41) is 8.97. The maximum atomic E-state index is 11.6. The second kappa shape index (κ2) is 13.3. The average molecular weight is 466 g/mol. The number of ether oxygens (including phenoxy) is 1. The summed E-state index contributed by atoms with van der Waals surface area (Å²) in [6, 6.07) is 6.37. The molecule has 0 radical (unpaired) electrons. The number of rotatable bonds is 8. The SMILES string of the molecule is CN=C(NCC(=O)NCCOC)NCc1ccc(C)cc1SC.I. The molecular formula is C16H27IN4O2S. The van der Waals surface area contributed by atoms with Crippen LogP contribution in [0.15, 0.2) is 28.1 Å². The van der Waals surface area contributed by atoms with Gasteiger partial charge in [0.25, 0.3) is 0 Å². The highest BCUT2D eigenvalue weighted by Crippen LogP contribution is 2.21. The molecule has 1 rings (SSSR count). The van der Waals surface area contributed by atoms with Gasteiger partial charge < -0.3 is 20.7 Å². The first-order valence-corrected chi connectivity index (χ1v) is 8.66. The van der Waals surface area contributed by atoms with Gasteiger partial charge in [-0.05, 0) is 30.4 Å². The van der Waals surface area contributed by atoms with Gasteiger partial charge in [-0.2, -0.15) is 0 Å². The normalized spacial score (nSPS) is 10.8. The predicted octanol–water partition coefficient (Wildman–Crippen LogP) is 1.76. The fourth-order valence-electron chi connectivity index (χ4n) is 1.92. The number of methoxy groups -OCH3 is 1. The first-order chi connectivity index (χ1) is 11.1. The van der Waals surface area contributed by atoms with Gasteiger partial charge in [-0.1, -0.05) is 12.1 Å². The lowest BCUT2D eigenvalue weighted by Gasteiger charge is -2.14. The number of thioether (sulfide) groups is 1. The molecule has 0 saturated heterocycles. The van der Waals surface area contributed by atoms with Crippen molar-refractivity contribution in [3.8, 4) is 0 Å². The number of carbonyl (C=O) groups is 1.